The Morgan fingerprint density at radius 2 is 1.79 bits per heavy atom. The third-order valence-corrected chi connectivity index (χ3v) is 5.10. The van der Waals surface area contributed by atoms with Crippen LogP contribution in [0.4, 0.5) is 0 Å². The molecule has 0 bridgehead atoms. The molecular weight excluding hydrogens is 380 g/mol. The minimum absolute atomic E-state index is 0.0734. The maximum absolute atomic E-state index is 13.2. The van der Waals surface area contributed by atoms with Crippen molar-refractivity contribution in [2.45, 2.75) is 25.4 Å². The minimum atomic E-state index is -0.684. The van der Waals surface area contributed by atoms with Gasteiger partial charge in [-0.2, -0.15) is 0 Å². The van der Waals surface area contributed by atoms with Crippen LogP contribution < -0.4 is 5.32 Å². The van der Waals surface area contributed by atoms with Gasteiger partial charge in [0, 0.05) is 19.5 Å². The first-order valence-electron chi connectivity index (χ1n) is 8.98. The predicted octanol–water partition coefficient (Wildman–Crippen LogP) is 2.59. The number of carbonyl (C=O) groups excluding carboxylic acids is 3. The zero-order chi connectivity index (χ0) is 20.1. The van der Waals surface area contributed by atoms with Crippen molar-refractivity contribution in [1.29, 1.82) is 0 Å². The van der Waals surface area contributed by atoms with E-state index in [1.807, 2.05) is 24.3 Å². The lowest BCUT2D eigenvalue weighted by atomic mass is 9.92. The van der Waals surface area contributed by atoms with E-state index >= 15 is 0 Å². The van der Waals surface area contributed by atoms with Crippen molar-refractivity contribution < 1.29 is 19.1 Å². The molecule has 0 saturated heterocycles. The van der Waals surface area contributed by atoms with Gasteiger partial charge in [-0.15, -0.1) is 0 Å². The lowest BCUT2D eigenvalue weighted by Gasteiger charge is -2.36. The van der Waals surface area contributed by atoms with E-state index in [4.69, 9.17) is 11.6 Å². The molecule has 0 aromatic heterocycles. The molecule has 1 heterocycles. The van der Waals surface area contributed by atoms with Gasteiger partial charge >= 0.3 is 5.97 Å². The van der Waals surface area contributed by atoms with Crippen LogP contribution in [0.2, 0.25) is 5.02 Å². The van der Waals surface area contributed by atoms with Gasteiger partial charge in [-0.3, -0.25) is 14.4 Å². The zero-order valence-corrected chi connectivity index (χ0v) is 16.2. The summed E-state index contributed by atoms with van der Waals surface area (Å²) in [7, 11) is 1.30. The normalized spacial score (nSPS) is 15.5. The highest BCUT2D eigenvalue weighted by atomic mass is 35.5. The van der Waals surface area contributed by atoms with E-state index in [-0.39, 0.29) is 24.8 Å². The maximum Gasteiger partial charge on any atom is 0.307 e. The summed E-state index contributed by atoms with van der Waals surface area (Å²) in [6.45, 7) is 0.465. The van der Waals surface area contributed by atoms with Gasteiger partial charge in [-0.25, -0.2) is 0 Å². The number of ether oxygens (including phenoxy) is 1. The Bertz CT molecular complexity index is 899. The second-order valence-corrected chi connectivity index (χ2v) is 6.93. The zero-order valence-electron chi connectivity index (χ0n) is 15.5. The number of benzene rings is 2. The van der Waals surface area contributed by atoms with Crippen LogP contribution in [-0.4, -0.2) is 42.4 Å². The van der Waals surface area contributed by atoms with E-state index in [0.717, 1.165) is 11.1 Å². The van der Waals surface area contributed by atoms with Crippen molar-refractivity contribution in [3.8, 4) is 0 Å². The molecule has 0 spiro atoms. The Balaban J connectivity index is 1.84. The number of amides is 2. The topological polar surface area (TPSA) is 75.7 Å². The third-order valence-electron chi connectivity index (χ3n) is 4.77. The molecule has 6 nitrogen and oxygen atoms in total. The molecule has 1 aliphatic rings. The molecule has 2 amide bonds. The standard InChI is InChI=1S/C21H21ClN2O4/c1-28-19(25)10-11-23-20(26)18-12-14-6-2-3-7-15(14)13-24(18)21(27)16-8-4-5-9-17(16)22/h2-9,18H,10-13H2,1H3,(H,23,26). The summed E-state index contributed by atoms with van der Waals surface area (Å²) in [4.78, 5) is 38.8. The Kier molecular flexibility index (Phi) is 6.31. The molecule has 2 aromatic carbocycles. The number of rotatable bonds is 5. The first-order valence-corrected chi connectivity index (χ1v) is 9.36. The van der Waals surface area contributed by atoms with Crippen LogP contribution in [-0.2, 0) is 27.3 Å². The number of nitrogens with zero attached hydrogens (tertiary/aromatic N) is 1. The monoisotopic (exact) mass is 400 g/mol. The molecule has 1 unspecified atom stereocenters. The number of hydrogen-bond acceptors (Lipinski definition) is 4. The van der Waals surface area contributed by atoms with E-state index in [2.05, 4.69) is 10.1 Å². The van der Waals surface area contributed by atoms with Gasteiger partial charge in [-0.1, -0.05) is 48.0 Å². The highest BCUT2D eigenvalue weighted by molar-refractivity contribution is 6.33. The van der Waals surface area contributed by atoms with Crippen LogP contribution in [0.25, 0.3) is 0 Å². The Morgan fingerprint density at radius 3 is 2.50 bits per heavy atom. The van der Waals surface area contributed by atoms with Crippen LogP contribution in [0.15, 0.2) is 48.5 Å². The summed E-state index contributed by atoms with van der Waals surface area (Å²) in [5.74, 6) is -1.01. The molecule has 1 aliphatic heterocycles. The second-order valence-electron chi connectivity index (χ2n) is 6.52. The Labute approximate surface area is 168 Å². The summed E-state index contributed by atoms with van der Waals surface area (Å²) in [6.07, 6.45) is 0.473. The highest BCUT2D eigenvalue weighted by Gasteiger charge is 2.35. The fourth-order valence-corrected chi connectivity index (χ4v) is 3.48. The molecule has 0 aliphatic carbocycles. The van der Waals surface area contributed by atoms with Gasteiger partial charge in [0.15, 0.2) is 0 Å². The van der Waals surface area contributed by atoms with E-state index in [1.165, 1.54) is 12.0 Å². The Hall–Kier alpha value is -2.86. The molecule has 1 N–H and O–H groups in total. The van der Waals surface area contributed by atoms with E-state index in [1.54, 1.807) is 24.3 Å². The second kappa shape index (κ2) is 8.89. The van der Waals surface area contributed by atoms with Crippen molar-refractivity contribution in [1.82, 2.24) is 10.2 Å². The number of methoxy groups -OCH3 is 1. The Morgan fingerprint density at radius 1 is 1.11 bits per heavy atom. The predicted molar refractivity (Wildman–Crippen MR) is 105 cm³/mol. The first-order chi connectivity index (χ1) is 13.5. The molecule has 3 rings (SSSR count). The molecule has 0 radical (unpaired) electrons. The molecule has 146 valence electrons. The number of esters is 1. The average molecular weight is 401 g/mol. The van der Waals surface area contributed by atoms with Crippen LogP contribution in [0.5, 0.6) is 0 Å². The quantitative estimate of drug-likeness (QED) is 0.783. The number of halogens is 1. The fourth-order valence-electron chi connectivity index (χ4n) is 3.27. The van der Waals surface area contributed by atoms with Crippen molar-refractivity contribution in [3.05, 3.63) is 70.2 Å². The van der Waals surface area contributed by atoms with Crippen molar-refractivity contribution in [2.24, 2.45) is 0 Å². The fraction of sp³-hybridized carbons (Fsp3) is 0.286. The molecular formula is C21H21ClN2O4. The minimum Gasteiger partial charge on any atom is -0.469 e. The van der Waals surface area contributed by atoms with Crippen LogP contribution in [0.1, 0.15) is 27.9 Å². The molecule has 28 heavy (non-hydrogen) atoms. The van der Waals surface area contributed by atoms with Crippen LogP contribution in [0, 0.1) is 0 Å². The SMILES string of the molecule is COC(=O)CCNC(=O)C1Cc2ccccc2CN1C(=O)c1ccccc1Cl. The molecule has 7 heteroatoms. The van der Waals surface area contributed by atoms with E-state index in [9.17, 15) is 14.4 Å². The van der Waals surface area contributed by atoms with E-state index < -0.39 is 12.0 Å². The first kappa shape index (κ1) is 19.9. The molecule has 2 aromatic rings. The van der Waals surface area contributed by atoms with Gasteiger partial charge < -0.3 is 15.0 Å². The lowest BCUT2D eigenvalue weighted by molar-refractivity contribution is -0.140. The van der Waals surface area contributed by atoms with Crippen LogP contribution >= 0.6 is 11.6 Å². The maximum atomic E-state index is 13.2. The largest absolute Gasteiger partial charge is 0.469 e. The summed E-state index contributed by atoms with van der Waals surface area (Å²) in [5.41, 5.74) is 2.39. The summed E-state index contributed by atoms with van der Waals surface area (Å²) in [5, 5.41) is 3.08. The third kappa shape index (κ3) is 4.34. The van der Waals surface area contributed by atoms with E-state index in [0.29, 0.717) is 23.6 Å². The van der Waals surface area contributed by atoms with Gasteiger partial charge in [0.25, 0.3) is 5.91 Å². The molecule has 0 saturated carbocycles. The van der Waals surface area contributed by atoms with Crippen molar-refractivity contribution in [3.63, 3.8) is 0 Å². The molecule has 0 fully saturated rings. The van der Waals surface area contributed by atoms with Crippen molar-refractivity contribution in [2.75, 3.05) is 13.7 Å². The van der Waals surface area contributed by atoms with Crippen LogP contribution in [0.3, 0.4) is 0 Å². The number of fused-ring (bicyclic) bond motifs is 1. The van der Waals surface area contributed by atoms with Gasteiger partial charge in [0.1, 0.15) is 6.04 Å². The smallest absolute Gasteiger partial charge is 0.307 e. The summed E-state index contributed by atoms with van der Waals surface area (Å²) < 4.78 is 4.58. The van der Waals surface area contributed by atoms with Crippen molar-refractivity contribution >= 4 is 29.4 Å². The number of hydrogen-bond donors (Lipinski definition) is 1. The highest BCUT2D eigenvalue weighted by Crippen LogP contribution is 2.27. The van der Waals surface area contributed by atoms with Gasteiger partial charge in [-0.05, 0) is 23.3 Å². The van der Waals surface area contributed by atoms with Gasteiger partial charge in [0.05, 0.1) is 24.1 Å². The summed E-state index contributed by atoms with van der Waals surface area (Å²) in [6, 6.07) is 13.8. The summed E-state index contributed by atoms with van der Waals surface area (Å²) >= 11 is 6.20. The number of carbonyl (C=O) groups is 3. The average Bonchev–Trinajstić information content (AvgIpc) is 2.72. The lowest BCUT2D eigenvalue weighted by Crippen LogP contribution is -2.52. The molecule has 1 atom stereocenters. The number of nitrogens with one attached hydrogen (secondary N) is 1. The van der Waals surface area contributed by atoms with Gasteiger partial charge in [0.2, 0.25) is 5.91 Å².